The molecule has 25 heavy (non-hydrogen) atoms. The third-order valence-electron chi connectivity index (χ3n) is 3.29. The number of ketones is 1. The molecule has 0 radical (unpaired) electrons. The van der Waals surface area contributed by atoms with Gasteiger partial charge in [-0.15, -0.1) is 0 Å². The number of halogens is 1. The van der Waals surface area contributed by atoms with Crippen molar-refractivity contribution in [1.29, 1.82) is 0 Å². The molecule has 0 fully saturated rings. The predicted molar refractivity (Wildman–Crippen MR) is 102 cm³/mol. The minimum absolute atomic E-state index is 0.0382. The van der Waals surface area contributed by atoms with Gasteiger partial charge < -0.3 is 9.05 Å². The van der Waals surface area contributed by atoms with Crippen molar-refractivity contribution in [2.24, 2.45) is 10.5 Å². The second-order valence-electron chi connectivity index (χ2n) is 6.15. The van der Waals surface area contributed by atoms with Gasteiger partial charge in [0.15, 0.2) is 5.45 Å². The predicted octanol–water partition coefficient (Wildman–Crippen LogP) is 5.34. The standard InChI is InChI=1S/C17H26ClN2O4P/c1-6-23-25(22,24-7-2)16(17(4,5)12-13(3)21)20-19-15-10-8-14(18)9-11-15/h8-11,19H,6-7,12H2,1-5H3/b20-16+. The summed E-state index contributed by atoms with van der Waals surface area (Å²) in [5.41, 5.74) is 2.91. The van der Waals surface area contributed by atoms with E-state index in [0.29, 0.717) is 10.7 Å². The molecule has 1 rings (SSSR count). The highest BCUT2D eigenvalue weighted by atomic mass is 35.5. The third-order valence-corrected chi connectivity index (χ3v) is 5.96. The first-order valence-electron chi connectivity index (χ1n) is 8.13. The fourth-order valence-corrected chi connectivity index (χ4v) is 4.54. The van der Waals surface area contributed by atoms with Crippen molar-refractivity contribution in [2.75, 3.05) is 18.6 Å². The summed E-state index contributed by atoms with van der Waals surface area (Å²) >= 11 is 5.87. The van der Waals surface area contributed by atoms with Crippen LogP contribution in [0.3, 0.4) is 0 Å². The molecule has 0 atom stereocenters. The lowest BCUT2D eigenvalue weighted by atomic mass is 9.89. The number of Topliss-reactive ketones (excluding diaryl/α,β-unsaturated/α-hetero) is 1. The van der Waals surface area contributed by atoms with E-state index in [1.165, 1.54) is 6.92 Å². The van der Waals surface area contributed by atoms with Crippen LogP contribution < -0.4 is 5.43 Å². The molecule has 0 aliphatic carbocycles. The largest absolute Gasteiger partial charge is 0.377 e. The number of carbonyl (C=O) groups is 1. The Morgan fingerprint density at radius 2 is 1.72 bits per heavy atom. The first-order chi connectivity index (χ1) is 11.6. The van der Waals surface area contributed by atoms with Gasteiger partial charge in [0.1, 0.15) is 5.78 Å². The quantitative estimate of drug-likeness (QED) is 0.332. The molecule has 0 aromatic heterocycles. The second-order valence-corrected chi connectivity index (χ2v) is 8.52. The van der Waals surface area contributed by atoms with E-state index in [4.69, 9.17) is 20.6 Å². The Morgan fingerprint density at radius 1 is 1.20 bits per heavy atom. The van der Waals surface area contributed by atoms with E-state index >= 15 is 0 Å². The highest BCUT2D eigenvalue weighted by molar-refractivity contribution is 7.72. The molecule has 0 spiro atoms. The van der Waals surface area contributed by atoms with Gasteiger partial charge in [-0.25, -0.2) is 0 Å². The van der Waals surface area contributed by atoms with Crippen molar-refractivity contribution in [3.05, 3.63) is 29.3 Å². The van der Waals surface area contributed by atoms with E-state index < -0.39 is 13.0 Å². The highest BCUT2D eigenvalue weighted by Crippen LogP contribution is 2.55. The van der Waals surface area contributed by atoms with Crippen LogP contribution in [0, 0.1) is 5.41 Å². The van der Waals surface area contributed by atoms with E-state index in [1.807, 2.05) is 0 Å². The highest BCUT2D eigenvalue weighted by Gasteiger charge is 2.43. The van der Waals surface area contributed by atoms with Gasteiger partial charge in [0, 0.05) is 16.9 Å². The maximum atomic E-state index is 13.3. The Bertz CT molecular complexity index is 649. The van der Waals surface area contributed by atoms with E-state index in [-0.39, 0.29) is 30.9 Å². The minimum atomic E-state index is -3.64. The summed E-state index contributed by atoms with van der Waals surface area (Å²) in [6.45, 7) is 8.93. The zero-order valence-corrected chi connectivity index (χ0v) is 17.0. The van der Waals surface area contributed by atoms with Gasteiger partial charge in [-0.1, -0.05) is 25.4 Å². The molecule has 0 saturated heterocycles. The van der Waals surface area contributed by atoms with Crippen LogP contribution in [0.4, 0.5) is 5.69 Å². The number of hydrogen-bond donors (Lipinski definition) is 1. The first kappa shape index (κ1) is 21.8. The zero-order valence-electron chi connectivity index (χ0n) is 15.3. The Morgan fingerprint density at radius 3 is 2.16 bits per heavy atom. The summed E-state index contributed by atoms with van der Waals surface area (Å²) in [4.78, 5) is 11.7. The van der Waals surface area contributed by atoms with Crippen molar-refractivity contribution in [3.8, 4) is 0 Å². The molecular weight excluding hydrogens is 363 g/mol. The van der Waals surface area contributed by atoms with Crippen molar-refractivity contribution in [1.82, 2.24) is 0 Å². The minimum Gasteiger partial charge on any atom is -0.305 e. The van der Waals surface area contributed by atoms with Crippen LogP contribution in [-0.4, -0.2) is 24.4 Å². The van der Waals surface area contributed by atoms with Crippen LogP contribution in [-0.2, 0) is 18.4 Å². The Kier molecular flexibility index (Phi) is 8.29. The molecule has 0 aliphatic heterocycles. The van der Waals surface area contributed by atoms with Gasteiger partial charge in [0.2, 0.25) is 0 Å². The van der Waals surface area contributed by atoms with Gasteiger partial charge in [-0.3, -0.25) is 14.8 Å². The van der Waals surface area contributed by atoms with E-state index in [0.717, 1.165) is 0 Å². The average Bonchev–Trinajstić information content (AvgIpc) is 2.48. The maximum absolute atomic E-state index is 13.3. The van der Waals surface area contributed by atoms with Crippen molar-refractivity contribution < 1.29 is 18.4 Å². The summed E-state index contributed by atoms with van der Waals surface area (Å²) in [5, 5.41) is 4.91. The smallest absolute Gasteiger partial charge is 0.305 e. The van der Waals surface area contributed by atoms with Crippen molar-refractivity contribution >= 4 is 36.1 Å². The second kappa shape index (κ2) is 9.48. The van der Waals surface area contributed by atoms with Gasteiger partial charge in [0.05, 0.1) is 18.9 Å². The van der Waals surface area contributed by atoms with Crippen LogP contribution in [0.2, 0.25) is 5.02 Å². The zero-order chi connectivity index (χ0) is 19.1. The summed E-state index contributed by atoms with van der Waals surface area (Å²) in [6.07, 6.45) is 0.165. The molecule has 0 saturated carbocycles. The molecule has 0 amide bonds. The van der Waals surface area contributed by atoms with Crippen LogP contribution in [0.25, 0.3) is 0 Å². The Hall–Kier alpha value is -1.20. The average molecular weight is 389 g/mol. The number of anilines is 1. The van der Waals surface area contributed by atoms with E-state index in [9.17, 15) is 9.36 Å². The third kappa shape index (κ3) is 6.55. The Balaban J connectivity index is 3.29. The number of rotatable bonds is 10. The monoisotopic (exact) mass is 388 g/mol. The SMILES string of the molecule is CCOP(=O)(OCC)/C(=N/Nc1ccc(Cl)cc1)C(C)(C)CC(C)=O. The van der Waals surface area contributed by atoms with Crippen LogP contribution in [0.15, 0.2) is 29.4 Å². The van der Waals surface area contributed by atoms with E-state index in [2.05, 4.69) is 10.5 Å². The first-order valence-corrected chi connectivity index (χ1v) is 10.1. The van der Waals surface area contributed by atoms with Crippen LogP contribution >= 0.6 is 19.2 Å². The van der Waals surface area contributed by atoms with Crippen LogP contribution in [0.5, 0.6) is 0 Å². The molecular formula is C17H26ClN2O4P. The summed E-state index contributed by atoms with van der Waals surface area (Å²) < 4.78 is 24.1. The fraction of sp³-hybridized carbons (Fsp3) is 0.529. The van der Waals surface area contributed by atoms with Crippen LogP contribution in [0.1, 0.15) is 41.0 Å². The fourth-order valence-electron chi connectivity index (χ4n) is 2.43. The number of nitrogens with zero attached hydrogens (tertiary/aromatic N) is 1. The summed E-state index contributed by atoms with van der Waals surface area (Å²) in [6, 6.07) is 6.91. The van der Waals surface area contributed by atoms with Crippen molar-refractivity contribution in [3.63, 3.8) is 0 Å². The number of hydrogen-bond acceptors (Lipinski definition) is 6. The molecule has 0 unspecified atom stereocenters. The molecule has 140 valence electrons. The number of nitrogens with one attached hydrogen (secondary N) is 1. The van der Waals surface area contributed by atoms with Gasteiger partial charge >= 0.3 is 7.60 Å². The topological polar surface area (TPSA) is 77.0 Å². The molecule has 0 heterocycles. The van der Waals surface area contributed by atoms with Gasteiger partial charge in [-0.2, -0.15) is 5.10 Å². The summed E-state index contributed by atoms with van der Waals surface area (Å²) in [5.74, 6) is -0.0382. The summed E-state index contributed by atoms with van der Waals surface area (Å²) in [7, 11) is -3.64. The molecule has 1 aromatic rings. The molecule has 8 heteroatoms. The molecule has 1 aromatic carbocycles. The lowest BCUT2D eigenvalue weighted by Crippen LogP contribution is -2.29. The number of benzene rings is 1. The molecule has 0 bridgehead atoms. The number of hydrazone groups is 1. The lowest BCUT2D eigenvalue weighted by Gasteiger charge is -2.30. The number of carbonyl (C=O) groups excluding carboxylic acids is 1. The van der Waals surface area contributed by atoms with E-state index in [1.54, 1.807) is 52.0 Å². The lowest BCUT2D eigenvalue weighted by molar-refractivity contribution is -0.118. The molecule has 1 N–H and O–H groups in total. The van der Waals surface area contributed by atoms with Gasteiger partial charge in [-0.05, 0) is 45.0 Å². The molecule has 0 aliphatic rings. The maximum Gasteiger partial charge on any atom is 0.377 e. The Labute approximate surface area is 154 Å². The molecule has 6 nitrogen and oxygen atoms in total. The van der Waals surface area contributed by atoms with Crippen molar-refractivity contribution in [2.45, 2.75) is 41.0 Å². The van der Waals surface area contributed by atoms with Gasteiger partial charge in [0.25, 0.3) is 0 Å². The normalized spacial score (nSPS) is 13.0.